The van der Waals surface area contributed by atoms with E-state index >= 15 is 0 Å². The van der Waals surface area contributed by atoms with Gasteiger partial charge < -0.3 is 9.47 Å². The molecule has 0 bridgehead atoms. The van der Waals surface area contributed by atoms with Crippen molar-refractivity contribution >= 4 is 74.5 Å². The van der Waals surface area contributed by atoms with Crippen LogP contribution in [0.2, 0.25) is 0 Å². The van der Waals surface area contributed by atoms with Gasteiger partial charge in [0.1, 0.15) is 11.5 Å². The summed E-state index contributed by atoms with van der Waals surface area (Å²) in [6.45, 7) is 0.157. The van der Waals surface area contributed by atoms with Crippen LogP contribution in [0.4, 0.5) is 0 Å². The molecule has 4 heteroatoms. The number of rotatable bonds is 6. The topological polar surface area (TPSA) is 18.5 Å². The van der Waals surface area contributed by atoms with Crippen LogP contribution >= 0.6 is 31.9 Å². The second kappa shape index (κ2) is 14.4. The summed E-state index contributed by atoms with van der Waals surface area (Å²) >= 11 is 7.70. The zero-order valence-electron chi connectivity index (χ0n) is 28.6. The summed E-state index contributed by atoms with van der Waals surface area (Å²) < 4.78 is 14.4. The normalized spacial score (nSPS) is 12.8. The van der Waals surface area contributed by atoms with Gasteiger partial charge in [-0.1, -0.05) is 177 Å². The van der Waals surface area contributed by atoms with E-state index in [1.807, 2.05) is 12.1 Å². The third-order valence-electron chi connectivity index (χ3n) is 9.81. The molecule has 0 aliphatic carbocycles. The summed E-state index contributed by atoms with van der Waals surface area (Å²) in [7, 11) is 0. The first-order chi connectivity index (χ1) is 26.1. The van der Waals surface area contributed by atoms with Crippen LogP contribution in [0.3, 0.4) is 0 Å². The lowest BCUT2D eigenvalue weighted by molar-refractivity contribution is 0.125. The highest BCUT2D eigenvalue weighted by Gasteiger charge is 2.22. The molecule has 0 N–H and O–H groups in total. The minimum Gasteiger partial charge on any atom is -0.457 e. The van der Waals surface area contributed by atoms with Gasteiger partial charge in [0.05, 0.1) is 0 Å². The van der Waals surface area contributed by atoms with E-state index in [1.165, 1.54) is 22.3 Å². The average molecular weight is 813 g/mol. The van der Waals surface area contributed by atoms with Gasteiger partial charge in [0.25, 0.3) is 0 Å². The minimum absolute atomic E-state index is 0.157. The number of hydrogen-bond donors (Lipinski definition) is 0. The first kappa shape index (κ1) is 33.2. The molecule has 0 aromatic heterocycles. The van der Waals surface area contributed by atoms with Crippen LogP contribution < -0.4 is 9.47 Å². The summed E-state index contributed by atoms with van der Waals surface area (Å²) in [5.74, 6) is 1.63. The summed E-state index contributed by atoms with van der Waals surface area (Å²) in [5.41, 5.74) is 11.4. The smallest absolute Gasteiger partial charge is 0.230 e. The van der Waals surface area contributed by atoms with Crippen molar-refractivity contribution in [3.63, 3.8) is 0 Å². The van der Waals surface area contributed by atoms with Gasteiger partial charge in [-0.25, -0.2) is 0 Å². The van der Waals surface area contributed by atoms with E-state index in [0.29, 0.717) is 0 Å². The Morgan fingerprint density at radius 1 is 0.415 bits per heavy atom. The van der Waals surface area contributed by atoms with Crippen LogP contribution in [0.1, 0.15) is 22.3 Å². The fraction of sp³-hybridized carbons (Fsp3) is 0.0204. The molecule has 8 aromatic rings. The third kappa shape index (κ3) is 6.72. The van der Waals surface area contributed by atoms with Crippen LogP contribution in [-0.2, 0) is 0 Å². The van der Waals surface area contributed by atoms with Crippen LogP contribution in [0.5, 0.6) is 11.5 Å². The number of ether oxygens (including phenoxy) is 2. The van der Waals surface area contributed by atoms with Gasteiger partial charge in [-0.15, -0.1) is 0 Å². The average Bonchev–Trinajstić information content (AvgIpc) is 3.41. The molecule has 254 valence electrons. The van der Waals surface area contributed by atoms with Crippen LogP contribution in [-0.4, -0.2) is 6.79 Å². The van der Waals surface area contributed by atoms with E-state index in [0.717, 1.165) is 75.4 Å². The number of fused-ring (bicyclic) bond motifs is 7. The van der Waals surface area contributed by atoms with Gasteiger partial charge in [-0.3, -0.25) is 0 Å². The van der Waals surface area contributed by atoms with Crippen LogP contribution in [0, 0.1) is 0 Å². The zero-order valence-corrected chi connectivity index (χ0v) is 31.8. The molecule has 0 saturated carbocycles. The second-order valence-corrected chi connectivity index (χ2v) is 14.8. The van der Waals surface area contributed by atoms with Gasteiger partial charge in [-0.2, -0.15) is 0 Å². The standard InChI is InChI=1S/C49H32Br2O2/c50-44(38-17-13-36(14-18-38)34-7-3-1-4-8-34)29-32-11-23-42-40(27-32)21-25-46-48(42)49-43-24-12-33(28-41(43)22-26-47(49)53-31-52-46)30-45(51)39-19-15-37(16-20-39)35-9-5-2-6-10-35/h1-30H,31H2/b44-29+,45-30+. The Bertz CT molecular complexity index is 2490. The SMILES string of the molecule is Br/C(=C/c1ccc2c3c(ccc2c1)OCOc1ccc2cc(/C=C(/Br)c4ccc(-c5ccccc5)cc4)ccc2c1-3)c1ccc(-c2ccccc2)cc1. The Hall–Kier alpha value is -5.68. The van der Waals surface area contributed by atoms with E-state index in [4.69, 9.17) is 9.47 Å². The lowest BCUT2D eigenvalue weighted by Crippen LogP contribution is -2.03. The van der Waals surface area contributed by atoms with Gasteiger partial charge >= 0.3 is 0 Å². The summed E-state index contributed by atoms with van der Waals surface area (Å²) in [5, 5.41) is 4.50. The molecule has 1 aliphatic heterocycles. The van der Waals surface area contributed by atoms with Crippen molar-refractivity contribution in [2.45, 2.75) is 0 Å². The number of hydrogen-bond acceptors (Lipinski definition) is 2. The minimum atomic E-state index is 0.157. The van der Waals surface area contributed by atoms with Crippen molar-refractivity contribution < 1.29 is 9.47 Å². The van der Waals surface area contributed by atoms with Crippen molar-refractivity contribution in [2.75, 3.05) is 6.79 Å². The van der Waals surface area contributed by atoms with E-state index < -0.39 is 0 Å². The highest BCUT2D eigenvalue weighted by molar-refractivity contribution is 9.15. The predicted molar refractivity (Wildman–Crippen MR) is 230 cm³/mol. The van der Waals surface area contributed by atoms with Gasteiger partial charge in [0.15, 0.2) is 0 Å². The molecule has 0 radical (unpaired) electrons. The van der Waals surface area contributed by atoms with Gasteiger partial charge in [0, 0.05) is 20.1 Å². The first-order valence-electron chi connectivity index (χ1n) is 17.5. The molecule has 1 heterocycles. The Kier molecular flexibility index (Phi) is 9.01. The van der Waals surface area contributed by atoms with E-state index in [9.17, 15) is 0 Å². The molecular formula is C49H32Br2O2. The van der Waals surface area contributed by atoms with E-state index in [-0.39, 0.29) is 6.79 Å². The molecule has 8 aromatic carbocycles. The highest BCUT2D eigenvalue weighted by atomic mass is 79.9. The summed E-state index contributed by atoms with van der Waals surface area (Å²) in [6.07, 6.45) is 4.35. The van der Waals surface area contributed by atoms with Crippen LogP contribution in [0.25, 0.3) is 76.0 Å². The first-order valence-corrected chi connectivity index (χ1v) is 19.1. The van der Waals surface area contributed by atoms with Crippen molar-refractivity contribution in [1.29, 1.82) is 0 Å². The molecule has 0 atom stereocenters. The summed E-state index contributed by atoms with van der Waals surface area (Å²) in [4.78, 5) is 0. The predicted octanol–water partition coefficient (Wildman–Crippen LogP) is 14.5. The maximum atomic E-state index is 6.19. The van der Waals surface area contributed by atoms with Crippen molar-refractivity contribution in [3.8, 4) is 44.9 Å². The second-order valence-electron chi connectivity index (χ2n) is 13.1. The lowest BCUT2D eigenvalue weighted by Gasteiger charge is -2.15. The zero-order chi connectivity index (χ0) is 35.7. The quantitative estimate of drug-likeness (QED) is 0.156. The molecule has 2 nitrogen and oxygen atoms in total. The molecule has 9 rings (SSSR count). The molecule has 0 fully saturated rings. The maximum absolute atomic E-state index is 6.19. The lowest BCUT2D eigenvalue weighted by atomic mass is 9.91. The molecule has 53 heavy (non-hydrogen) atoms. The maximum Gasteiger partial charge on any atom is 0.230 e. The van der Waals surface area contributed by atoms with Crippen molar-refractivity contribution in [2.24, 2.45) is 0 Å². The van der Waals surface area contributed by atoms with Crippen LogP contribution in [0.15, 0.2) is 170 Å². The fourth-order valence-electron chi connectivity index (χ4n) is 7.11. The Balaban J connectivity index is 1.04. The van der Waals surface area contributed by atoms with E-state index in [2.05, 4.69) is 202 Å². The summed E-state index contributed by atoms with van der Waals surface area (Å²) in [6, 6.07) is 59.8. The number of benzene rings is 8. The molecule has 0 saturated heterocycles. The molecular weight excluding hydrogens is 780 g/mol. The number of halogens is 2. The molecule has 0 amide bonds. The fourth-order valence-corrected chi connectivity index (χ4v) is 8.17. The highest BCUT2D eigenvalue weighted by Crippen LogP contribution is 2.47. The monoisotopic (exact) mass is 810 g/mol. The van der Waals surface area contributed by atoms with Crippen molar-refractivity contribution in [3.05, 3.63) is 192 Å². The third-order valence-corrected chi connectivity index (χ3v) is 11.2. The van der Waals surface area contributed by atoms with Gasteiger partial charge in [0.2, 0.25) is 6.79 Å². The Labute approximate surface area is 325 Å². The molecule has 0 spiro atoms. The largest absolute Gasteiger partial charge is 0.457 e. The Morgan fingerprint density at radius 2 is 0.811 bits per heavy atom. The van der Waals surface area contributed by atoms with Gasteiger partial charge in [-0.05, 0) is 102 Å². The Morgan fingerprint density at radius 3 is 1.23 bits per heavy atom. The molecule has 1 aliphatic rings. The van der Waals surface area contributed by atoms with E-state index in [1.54, 1.807) is 0 Å². The van der Waals surface area contributed by atoms with Crippen molar-refractivity contribution in [1.82, 2.24) is 0 Å². The molecule has 0 unspecified atom stereocenters.